The van der Waals surface area contributed by atoms with E-state index in [0.717, 1.165) is 20.3 Å². The molecule has 0 radical (unpaired) electrons. The predicted octanol–water partition coefficient (Wildman–Crippen LogP) is 5.21. The van der Waals surface area contributed by atoms with E-state index >= 15 is 0 Å². The summed E-state index contributed by atoms with van der Waals surface area (Å²) in [6, 6.07) is 16.8. The quantitative estimate of drug-likeness (QED) is 0.101. The average molecular weight is 726 g/mol. The molecular formula is C32H28IN3O7S. The SMILES string of the molecule is CCOC(=O)C1=C(C)N=c2s/c(=C/c3cc(I)c(OCc4ccc([N+](=O)[O-])cc4)c(OC)c3)c(=O)n2[C@H]1c1ccc(C)cc1. The highest BCUT2D eigenvalue weighted by atomic mass is 127. The Balaban J connectivity index is 1.53. The van der Waals surface area contributed by atoms with Gasteiger partial charge in [0.15, 0.2) is 16.3 Å². The maximum Gasteiger partial charge on any atom is 0.338 e. The molecule has 44 heavy (non-hydrogen) atoms. The molecule has 4 aromatic rings. The fourth-order valence-corrected chi connectivity index (χ4v) is 6.67. The number of non-ortho nitro benzene ring substituents is 1. The summed E-state index contributed by atoms with van der Waals surface area (Å²) in [5.41, 5.74) is 3.89. The van der Waals surface area contributed by atoms with E-state index in [1.807, 2.05) is 37.3 Å². The number of esters is 1. The molecule has 10 nitrogen and oxygen atoms in total. The highest BCUT2D eigenvalue weighted by Crippen LogP contribution is 2.35. The van der Waals surface area contributed by atoms with Gasteiger partial charge in [-0.25, -0.2) is 9.79 Å². The van der Waals surface area contributed by atoms with Crippen molar-refractivity contribution in [2.45, 2.75) is 33.4 Å². The molecule has 1 aliphatic rings. The number of nitro benzene ring substituents is 1. The highest BCUT2D eigenvalue weighted by Gasteiger charge is 2.33. The number of thiazole rings is 1. The Morgan fingerprint density at radius 3 is 2.48 bits per heavy atom. The van der Waals surface area contributed by atoms with Crippen LogP contribution in [0.1, 0.15) is 42.1 Å². The number of carbonyl (C=O) groups excluding carboxylic acids is 1. The number of methoxy groups -OCH3 is 1. The first-order valence-corrected chi connectivity index (χ1v) is 15.5. The van der Waals surface area contributed by atoms with Gasteiger partial charge >= 0.3 is 5.97 Å². The maximum absolute atomic E-state index is 13.9. The molecule has 12 heteroatoms. The van der Waals surface area contributed by atoms with Crippen LogP contribution in [0.3, 0.4) is 0 Å². The lowest BCUT2D eigenvalue weighted by atomic mass is 9.95. The second-order valence-corrected chi connectivity index (χ2v) is 12.1. The van der Waals surface area contributed by atoms with E-state index in [0.29, 0.717) is 37.7 Å². The molecule has 0 spiro atoms. The Labute approximate surface area is 270 Å². The normalized spacial score (nSPS) is 14.6. The third kappa shape index (κ3) is 6.31. The van der Waals surface area contributed by atoms with Crippen molar-refractivity contribution in [3.63, 3.8) is 0 Å². The zero-order chi connectivity index (χ0) is 31.5. The van der Waals surface area contributed by atoms with Gasteiger partial charge in [-0.15, -0.1) is 0 Å². The van der Waals surface area contributed by atoms with Crippen LogP contribution in [0.2, 0.25) is 0 Å². The molecule has 0 fully saturated rings. The van der Waals surface area contributed by atoms with Gasteiger partial charge in [0.25, 0.3) is 11.2 Å². The van der Waals surface area contributed by atoms with Gasteiger partial charge in [0, 0.05) is 12.1 Å². The second kappa shape index (κ2) is 13.1. The molecule has 1 atom stereocenters. The Hall–Kier alpha value is -4.30. The van der Waals surface area contributed by atoms with E-state index < -0.39 is 16.9 Å². The molecule has 3 aromatic carbocycles. The third-order valence-electron chi connectivity index (χ3n) is 6.99. The molecule has 0 amide bonds. The largest absolute Gasteiger partial charge is 0.493 e. The first kappa shape index (κ1) is 31.1. The van der Waals surface area contributed by atoms with Crippen molar-refractivity contribution in [1.82, 2.24) is 4.57 Å². The van der Waals surface area contributed by atoms with Crippen LogP contribution in [0.15, 0.2) is 81.7 Å². The van der Waals surface area contributed by atoms with Crippen molar-refractivity contribution >= 4 is 51.7 Å². The fourth-order valence-electron chi connectivity index (χ4n) is 4.84. The maximum atomic E-state index is 13.9. The van der Waals surface area contributed by atoms with Crippen LogP contribution in [0.5, 0.6) is 11.5 Å². The molecule has 0 N–H and O–H groups in total. The van der Waals surface area contributed by atoms with Crippen molar-refractivity contribution < 1.29 is 23.9 Å². The van der Waals surface area contributed by atoms with Gasteiger partial charge in [0.2, 0.25) is 0 Å². The molecule has 226 valence electrons. The predicted molar refractivity (Wildman–Crippen MR) is 175 cm³/mol. The topological polar surface area (TPSA) is 122 Å². The minimum absolute atomic E-state index is 0.00741. The van der Waals surface area contributed by atoms with E-state index in [4.69, 9.17) is 14.2 Å². The molecule has 0 bridgehead atoms. The van der Waals surface area contributed by atoms with E-state index in [-0.39, 0.29) is 24.5 Å². The van der Waals surface area contributed by atoms with Crippen molar-refractivity contribution in [1.29, 1.82) is 0 Å². The number of hydrogen-bond acceptors (Lipinski definition) is 9. The molecule has 0 saturated carbocycles. The van der Waals surface area contributed by atoms with Gasteiger partial charge < -0.3 is 14.2 Å². The number of allylic oxidation sites excluding steroid dienone is 1. The molecule has 0 aliphatic carbocycles. The standard InChI is InChI=1S/C32H28IN3O7S/c1-5-42-31(38)27-19(3)34-32-35(28(27)22-10-6-18(2)7-11-22)30(37)26(44-32)16-21-14-24(33)29(25(15-21)41-4)43-17-20-8-12-23(13-9-20)36(39)40/h6-16,28H,5,17H2,1-4H3/b26-16+/t28-/m0/s1. The number of aryl methyl sites for hydroxylation is 1. The smallest absolute Gasteiger partial charge is 0.338 e. The lowest BCUT2D eigenvalue weighted by Gasteiger charge is -2.24. The Morgan fingerprint density at radius 2 is 1.84 bits per heavy atom. The highest BCUT2D eigenvalue weighted by molar-refractivity contribution is 14.1. The van der Waals surface area contributed by atoms with Crippen LogP contribution >= 0.6 is 33.9 Å². The lowest BCUT2D eigenvalue weighted by molar-refractivity contribution is -0.384. The number of ether oxygens (including phenoxy) is 3. The molecule has 1 aliphatic heterocycles. The molecule has 0 unspecified atom stereocenters. The summed E-state index contributed by atoms with van der Waals surface area (Å²) in [5.74, 6) is 0.479. The lowest BCUT2D eigenvalue weighted by Crippen LogP contribution is -2.39. The van der Waals surface area contributed by atoms with Gasteiger partial charge in [0.1, 0.15) is 6.61 Å². The van der Waals surface area contributed by atoms with Gasteiger partial charge in [-0.2, -0.15) is 0 Å². The summed E-state index contributed by atoms with van der Waals surface area (Å²) in [5, 5.41) is 10.9. The second-order valence-electron chi connectivity index (χ2n) is 9.96. The number of carbonyl (C=O) groups is 1. The van der Waals surface area contributed by atoms with Crippen LogP contribution in [0.4, 0.5) is 5.69 Å². The zero-order valence-electron chi connectivity index (χ0n) is 24.3. The van der Waals surface area contributed by atoms with E-state index in [1.54, 1.807) is 42.7 Å². The molecule has 5 rings (SSSR count). The van der Waals surface area contributed by atoms with Gasteiger partial charge in [0.05, 0.1) is 44.1 Å². The number of benzene rings is 3. The molecule has 2 heterocycles. The van der Waals surface area contributed by atoms with Crippen LogP contribution in [-0.4, -0.2) is 29.2 Å². The number of hydrogen-bond donors (Lipinski definition) is 0. The number of rotatable bonds is 9. The summed E-state index contributed by atoms with van der Waals surface area (Å²) >= 11 is 3.39. The summed E-state index contributed by atoms with van der Waals surface area (Å²) in [7, 11) is 1.53. The van der Waals surface area contributed by atoms with E-state index in [9.17, 15) is 19.7 Å². The Kier molecular flexibility index (Phi) is 9.30. The fraction of sp³-hybridized carbons (Fsp3) is 0.219. The Bertz CT molecular complexity index is 1960. The van der Waals surface area contributed by atoms with Gasteiger partial charge in [-0.3, -0.25) is 19.5 Å². The molecular weight excluding hydrogens is 697 g/mol. The van der Waals surface area contributed by atoms with Crippen molar-refractivity contribution in [3.8, 4) is 11.5 Å². The third-order valence-corrected chi connectivity index (χ3v) is 8.77. The Morgan fingerprint density at radius 1 is 1.14 bits per heavy atom. The number of halogens is 1. The minimum Gasteiger partial charge on any atom is -0.493 e. The first-order valence-electron chi connectivity index (χ1n) is 13.6. The van der Waals surface area contributed by atoms with Crippen molar-refractivity contribution in [2.24, 2.45) is 4.99 Å². The first-order chi connectivity index (χ1) is 21.1. The summed E-state index contributed by atoms with van der Waals surface area (Å²) in [6.07, 6.45) is 1.77. The average Bonchev–Trinajstić information content (AvgIpc) is 3.30. The monoisotopic (exact) mass is 725 g/mol. The number of fused-ring (bicyclic) bond motifs is 1. The zero-order valence-corrected chi connectivity index (χ0v) is 27.3. The van der Waals surface area contributed by atoms with Gasteiger partial charge in [-0.05, 0) is 90.4 Å². The number of nitro groups is 1. The van der Waals surface area contributed by atoms with Crippen LogP contribution in [0, 0.1) is 20.6 Å². The number of nitrogens with zero attached hydrogens (tertiary/aromatic N) is 3. The van der Waals surface area contributed by atoms with Crippen molar-refractivity contribution in [2.75, 3.05) is 13.7 Å². The summed E-state index contributed by atoms with van der Waals surface area (Å²) in [6.45, 7) is 5.86. The summed E-state index contributed by atoms with van der Waals surface area (Å²) in [4.78, 5) is 42.6. The van der Waals surface area contributed by atoms with Crippen LogP contribution in [0.25, 0.3) is 6.08 Å². The summed E-state index contributed by atoms with van der Waals surface area (Å²) < 4.78 is 19.8. The van der Waals surface area contributed by atoms with E-state index in [2.05, 4.69) is 27.6 Å². The van der Waals surface area contributed by atoms with E-state index in [1.165, 1.54) is 30.6 Å². The minimum atomic E-state index is -0.682. The number of aromatic nitrogens is 1. The van der Waals surface area contributed by atoms with Crippen LogP contribution < -0.4 is 24.4 Å². The van der Waals surface area contributed by atoms with Crippen molar-refractivity contribution in [3.05, 3.63) is 128 Å². The molecule has 1 aromatic heterocycles. The van der Waals surface area contributed by atoms with Gasteiger partial charge in [-0.1, -0.05) is 41.2 Å². The van der Waals surface area contributed by atoms with Crippen LogP contribution in [-0.2, 0) is 16.1 Å². The molecule has 0 saturated heterocycles.